The first-order valence-corrected chi connectivity index (χ1v) is 5.60. The van der Waals surface area contributed by atoms with Gasteiger partial charge in [-0.25, -0.2) is 0 Å². The average molecular weight is 223 g/mol. The van der Waals surface area contributed by atoms with E-state index in [9.17, 15) is 13.2 Å². The highest BCUT2D eigenvalue weighted by Gasteiger charge is 2.43. The molecule has 2 atom stereocenters. The first kappa shape index (κ1) is 12.8. The number of nitrogens with zero attached hydrogens (tertiary/aromatic N) is 1. The molecule has 0 spiro atoms. The molecule has 1 heterocycles. The van der Waals surface area contributed by atoms with E-state index in [1.807, 2.05) is 0 Å². The van der Waals surface area contributed by atoms with Crippen LogP contribution in [0.5, 0.6) is 0 Å². The monoisotopic (exact) mass is 223 g/mol. The van der Waals surface area contributed by atoms with E-state index in [1.165, 1.54) is 0 Å². The fraction of sp³-hybridized carbons (Fsp3) is 1.00. The quantitative estimate of drug-likeness (QED) is 0.709. The van der Waals surface area contributed by atoms with Gasteiger partial charge in [-0.2, -0.15) is 13.2 Å². The maximum absolute atomic E-state index is 12.3. The minimum Gasteiger partial charge on any atom is -0.294 e. The molecule has 1 nitrogen and oxygen atoms in total. The number of hydrogen-bond donors (Lipinski definition) is 0. The third-order valence-electron chi connectivity index (χ3n) is 3.75. The lowest BCUT2D eigenvalue weighted by molar-refractivity contribution is -0.144. The van der Waals surface area contributed by atoms with Crippen molar-refractivity contribution in [3.05, 3.63) is 0 Å². The molecule has 0 bridgehead atoms. The van der Waals surface area contributed by atoms with Crippen LogP contribution < -0.4 is 0 Å². The van der Waals surface area contributed by atoms with Gasteiger partial charge < -0.3 is 0 Å². The lowest BCUT2D eigenvalue weighted by atomic mass is 9.76. The van der Waals surface area contributed by atoms with E-state index in [0.29, 0.717) is 19.0 Å². The van der Waals surface area contributed by atoms with Gasteiger partial charge in [0.2, 0.25) is 0 Å². The van der Waals surface area contributed by atoms with Crippen LogP contribution in [0.3, 0.4) is 0 Å². The van der Waals surface area contributed by atoms with Crippen molar-refractivity contribution >= 4 is 0 Å². The predicted molar refractivity (Wildman–Crippen MR) is 54.7 cm³/mol. The van der Waals surface area contributed by atoms with Gasteiger partial charge in [0, 0.05) is 13.1 Å². The molecule has 0 radical (unpaired) electrons. The third-order valence-corrected chi connectivity index (χ3v) is 3.75. The molecule has 0 aromatic rings. The Kier molecular flexibility index (Phi) is 3.69. The summed E-state index contributed by atoms with van der Waals surface area (Å²) in [6, 6.07) is 0. The third kappa shape index (κ3) is 3.10. The van der Waals surface area contributed by atoms with Gasteiger partial charge in [-0.15, -0.1) is 0 Å². The molecule has 1 aliphatic heterocycles. The summed E-state index contributed by atoms with van der Waals surface area (Å²) < 4.78 is 36.8. The van der Waals surface area contributed by atoms with E-state index in [2.05, 4.69) is 20.8 Å². The maximum atomic E-state index is 12.3. The Balaban J connectivity index is 2.61. The Morgan fingerprint density at radius 1 is 1.33 bits per heavy atom. The van der Waals surface area contributed by atoms with Crippen molar-refractivity contribution in [2.24, 2.45) is 11.3 Å². The Morgan fingerprint density at radius 3 is 2.27 bits per heavy atom. The lowest BCUT2D eigenvalue weighted by Gasteiger charge is -2.28. The number of likely N-dealkylation sites (tertiary alicyclic amines) is 1. The average Bonchev–Trinajstić information content (AvgIpc) is 2.40. The van der Waals surface area contributed by atoms with Crippen LogP contribution in [-0.2, 0) is 0 Å². The zero-order chi connectivity index (χ0) is 11.7. The van der Waals surface area contributed by atoms with Crippen molar-refractivity contribution in [2.75, 3.05) is 19.6 Å². The molecular formula is C11H20F3N. The number of hydrogen-bond acceptors (Lipinski definition) is 1. The van der Waals surface area contributed by atoms with Crippen molar-refractivity contribution < 1.29 is 13.2 Å². The highest BCUT2D eigenvalue weighted by atomic mass is 19.4. The smallest absolute Gasteiger partial charge is 0.294 e. The normalized spacial score (nSPS) is 33.6. The van der Waals surface area contributed by atoms with Crippen molar-refractivity contribution in [3.63, 3.8) is 0 Å². The SMILES string of the molecule is CCC1CN(CC(F)(F)F)CC1(C)CC. The molecule has 90 valence electrons. The van der Waals surface area contributed by atoms with Crippen molar-refractivity contribution in [1.29, 1.82) is 0 Å². The van der Waals surface area contributed by atoms with E-state index in [1.54, 1.807) is 4.90 Å². The fourth-order valence-electron chi connectivity index (χ4n) is 2.63. The lowest BCUT2D eigenvalue weighted by Crippen LogP contribution is -2.33. The predicted octanol–water partition coefficient (Wildman–Crippen LogP) is 3.31. The Labute approximate surface area is 89.6 Å². The van der Waals surface area contributed by atoms with Gasteiger partial charge in [0.1, 0.15) is 0 Å². The van der Waals surface area contributed by atoms with E-state index >= 15 is 0 Å². The maximum Gasteiger partial charge on any atom is 0.401 e. The van der Waals surface area contributed by atoms with Gasteiger partial charge >= 0.3 is 6.18 Å². The van der Waals surface area contributed by atoms with Gasteiger partial charge in [0.25, 0.3) is 0 Å². The fourth-order valence-corrected chi connectivity index (χ4v) is 2.63. The van der Waals surface area contributed by atoms with Crippen LogP contribution in [0.25, 0.3) is 0 Å². The number of alkyl halides is 3. The molecular weight excluding hydrogens is 203 g/mol. The molecule has 1 fully saturated rings. The Morgan fingerprint density at radius 2 is 1.93 bits per heavy atom. The summed E-state index contributed by atoms with van der Waals surface area (Å²) in [6.07, 6.45) is -2.13. The van der Waals surface area contributed by atoms with Crippen LogP contribution in [0.2, 0.25) is 0 Å². The van der Waals surface area contributed by atoms with Gasteiger partial charge in [-0.05, 0) is 17.8 Å². The minimum absolute atomic E-state index is 0.0694. The molecule has 1 rings (SSSR count). The number of halogens is 3. The zero-order valence-corrected chi connectivity index (χ0v) is 9.69. The summed E-state index contributed by atoms with van der Waals surface area (Å²) in [5.74, 6) is 0.407. The molecule has 1 aliphatic rings. The molecule has 2 unspecified atom stereocenters. The second-order valence-corrected chi connectivity index (χ2v) is 4.90. The van der Waals surface area contributed by atoms with Crippen LogP contribution in [0, 0.1) is 11.3 Å². The Hall–Kier alpha value is -0.250. The van der Waals surface area contributed by atoms with E-state index in [-0.39, 0.29) is 5.41 Å². The highest BCUT2D eigenvalue weighted by Crippen LogP contribution is 2.41. The molecule has 4 heteroatoms. The summed E-state index contributed by atoms with van der Waals surface area (Å²) in [7, 11) is 0. The van der Waals surface area contributed by atoms with Crippen LogP contribution in [-0.4, -0.2) is 30.7 Å². The number of rotatable bonds is 3. The zero-order valence-electron chi connectivity index (χ0n) is 9.69. The van der Waals surface area contributed by atoms with Crippen LogP contribution in [0.1, 0.15) is 33.6 Å². The molecule has 15 heavy (non-hydrogen) atoms. The summed E-state index contributed by atoms with van der Waals surface area (Å²) in [5.41, 5.74) is 0.0694. The Bertz CT molecular complexity index is 214. The largest absolute Gasteiger partial charge is 0.401 e. The van der Waals surface area contributed by atoms with Gasteiger partial charge in [0.15, 0.2) is 0 Å². The first-order chi connectivity index (χ1) is 6.80. The highest BCUT2D eigenvalue weighted by molar-refractivity contribution is 4.92. The summed E-state index contributed by atoms with van der Waals surface area (Å²) in [5, 5.41) is 0. The first-order valence-electron chi connectivity index (χ1n) is 5.60. The van der Waals surface area contributed by atoms with Crippen LogP contribution in [0.15, 0.2) is 0 Å². The second-order valence-electron chi connectivity index (χ2n) is 4.90. The standard InChI is InChI=1S/C11H20F3N/c1-4-9-6-15(8-11(12,13)14)7-10(9,3)5-2/h9H,4-8H2,1-3H3. The molecule has 0 saturated carbocycles. The van der Waals surface area contributed by atoms with Gasteiger partial charge in [0.05, 0.1) is 6.54 Å². The van der Waals surface area contributed by atoms with Crippen molar-refractivity contribution in [3.8, 4) is 0 Å². The van der Waals surface area contributed by atoms with E-state index in [4.69, 9.17) is 0 Å². The van der Waals surface area contributed by atoms with Crippen LogP contribution >= 0.6 is 0 Å². The molecule has 0 aromatic heterocycles. The van der Waals surface area contributed by atoms with Gasteiger partial charge in [-0.1, -0.05) is 27.2 Å². The van der Waals surface area contributed by atoms with Gasteiger partial charge in [-0.3, -0.25) is 4.90 Å². The second kappa shape index (κ2) is 4.32. The van der Waals surface area contributed by atoms with Crippen molar-refractivity contribution in [1.82, 2.24) is 4.90 Å². The summed E-state index contributed by atoms with van der Waals surface area (Å²) in [4.78, 5) is 1.55. The molecule has 0 aliphatic carbocycles. The van der Waals surface area contributed by atoms with E-state index in [0.717, 1.165) is 12.8 Å². The van der Waals surface area contributed by atoms with Crippen molar-refractivity contribution in [2.45, 2.75) is 39.8 Å². The summed E-state index contributed by atoms with van der Waals surface area (Å²) in [6.45, 7) is 6.67. The molecule has 0 aromatic carbocycles. The minimum atomic E-state index is -4.06. The molecule has 0 N–H and O–H groups in total. The van der Waals surface area contributed by atoms with E-state index < -0.39 is 12.7 Å². The molecule has 1 saturated heterocycles. The van der Waals surface area contributed by atoms with Crippen LogP contribution in [0.4, 0.5) is 13.2 Å². The molecule has 0 amide bonds. The topological polar surface area (TPSA) is 3.24 Å². The summed E-state index contributed by atoms with van der Waals surface area (Å²) >= 11 is 0.